The highest BCUT2D eigenvalue weighted by atomic mass is 32.2. The molecule has 10 heteroatoms. The molecule has 0 aliphatic rings. The highest BCUT2D eigenvalue weighted by Gasteiger charge is 2.23. The van der Waals surface area contributed by atoms with Crippen molar-refractivity contribution in [1.29, 1.82) is 0 Å². The minimum absolute atomic E-state index is 0.151. The molecule has 0 saturated carbocycles. The highest BCUT2D eigenvalue weighted by molar-refractivity contribution is 7.89. The molecule has 0 bridgehead atoms. The lowest BCUT2D eigenvalue weighted by molar-refractivity contribution is 0.103. The second kappa shape index (κ2) is 8.12. The van der Waals surface area contributed by atoms with Gasteiger partial charge in [0.25, 0.3) is 5.91 Å². The van der Waals surface area contributed by atoms with Crippen molar-refractivity contribution in [3.8, 4) is 11.6 Å². The summed E-state index contributed by atoms with van der Waals surface area (Å²) in [5.74, 6) is 0.688. The number of furan rings is 1. The molecular weight excluding hydrogens is 448 g/mol. The zero-order valence-corrected chi connectivity index (χ0v) is 19.9. The molecule has 3 heterocycles. The number of sulfonamides is 1. The van der Waals surface area contributed by atoms with Crippen molar-refractivity contribution in [2.45, 2.75) is 25.7 Å². The van der Waals surface area contributed by atoms with E-state index >= 15 is 0 Å². The Bertz CT molecular complexity index is 1440. The molecular formula is C22H22N4O4S2. The maximum Gasteiger partial charge on any atom is 0.266 e. The molecule has 1 N–H and O–H groups in total. The van der Waals surface area contributed by atoms with Gasteiger partial charge in [-0.3, -0.25) is 4.79 Å². The van der Waals surface area contributed by atoms with E-state index in [-0.39, 0.29) is 10.8 Å². The van der Waals surface area contributed by atoms with Gasteiger partial charge in [-0.05, 0) is 56.2 Å². The first-order valence-corrected chi connectivity index (χ1v) is 12.0. The summed E-state index contributed by atoms with van der Waals surface area (Å²) < 4.78 is 31.7. The third kappa shape index (κ3) is 3.81. The molecule has 1 aromatic carbocycles. The van der Waals surface area contributed by atoms with Crippen molar-refractivity contribution in [2.75, 3.05) is 19.4 Å². The predicted octanol–water partition coefficient (Wildman–Crippen LogP) is 4.38. The molecule has 0 aliphatic heterocycles. The van der Waals surface area contributed by atoms with Crippen LogP contribution in [-0.4, -0.2) is 42.7 Å². The van der Waals surface area contributed by atoms with Crippen molar-refractivity contribution < 1.29 is 17.6 Å². The summed E-state index contributed by atoms with van der Waals surface area (Å²) >= 11 is 1.26. The number of carbonyl (C=O) groups is 1. The Balaban J connectivity index is 1.71. The molecule has 0 spiro atoms. The van der Waals surface area contributed by atoms with E-state index < -0.39 is 10.0 Å². The van der Waals surface area contributed by atoms with Crippen LogP contribution in [0.4, 0.5) is 5.69 Å². The Morgan fingerprint density at radius 1 is 1.12 bits per heavy atom. The van der Waals surface area contributed by atoms with E-state index in [0.717, 1.165) is 20.9 Å². The number of aryl methyl sites for hydroxylation is 3. The molecule has 0 fully saturated rings. The summed E-state index contributed by atoms with van der Waals surface area (Å²) in [6, 6.07) is 8.39. The van der Waals surface area contributed by atoms with Crippen LogP contribution in [0.3, 0.4) is 0 Å². The summed E-state index contributed by atoms with van der Waals surface area (Å²) in [4.78, 5) is 23.5. The van der Waals surface area contributed by atoms with Crippen LogP contribution in [0.2, 0.25) is 0 Å². The Hall–Kier alpha value is -3.08. The van der Waals surface area contributed by atoms with Gasteiger partial charge in [0.2, 0.25) is 10.0 Å². The second-order valence-corrected chi connectivity index (χ2v) is 10.7. The first-order chi connectivity index (χ1) is 15.1. The number of nitrogens with zero attached hydrogens (tertiary/aromatic N) is 3. The highest BCUT2D eigenvalue weighted by Crippen LogP contribution is 2.33. The quantitative estimate of drug-likeness (QED) is 0.464. The van der Waals surface area contributed by atoms with Crippen LogP contribution in [-0.2, 0) is 10.0 Å². The average Bonchev–Trinajstić information content (AvgIpc) is 3.37. The Labute approximate surface area is 190 Å². The Morgan fingerprint density at radius 2 is 1.88 bits per heavy atom. The van der Waals surface area contributed by atoms with E-state index in [2.05, 4.69) is 15.3 Å². The third-order valence-corrected chi connectivity index (χ3v) is 8.27. The fourth-order valence-corrected chi connectivity index (χ4v) is 5.68. The van der Waals surface area contributed by atoms with Gasteiger partial charge in [-0.15, -0.1) is 11.3 Å². The van der Waals surface area contributed by atoms with Crippen molar-refractivity contribution >= 4 is 43.2 Å². The smallest absolute Gasteiger partial charge is 0.266 e. The minimum Gasteiger partial charge on any atom is -0.461 e. The van der Waals surface area contributed by atoms with Gasteiger partial charge >= 0.3 is 0 Å². The number of amides is 1. The van der Waals surface area contributed by atoms with Gasteiger partial charge in [0.15, 0.2) is 11.6 Å². The van der Waals surface area contributed by atoms with Gasteiger partial charge in [-0.25, -0.2) is 22.7 Å². The topological polar surface area (TPSA) is 105 Å². The number of hydrogen-bond donors (Lipinski definition) is 1. The zero-order chi connectivity index (χ0) is 23.2. The number of thiophene rings is 1. The monoisotopic (exact) mass is 470 g/mol. The van der Waals surface area contributed by atoms with E-state index in [1.54, 1.807) is 37.5 Å². The van der Waals surface area contributed by atoms with Crippen LogP contribution in [0.25, 0.3) is 21.8 Å². The van der Waals surface area contributed by atoms with E-state index in [9.17, 15) is 13.2 Å². The van der Waals surface area contributed by atoms with E-state index in [1.165, 1.54) is 31.5 Å². The van der Waals surface area contributed by atoms with Crippen LogP contribution in [0.15, 0.2) is 45.9 Å². The van der Waals surface area contributed by atoms with E-state index in [0.29, 0.717) is 32.5 Å². The SMILES string of the molecule is Cc1ccc(NC(=O)c2sc3nc(-c4ccco4)nc(C)c3c2C)cc1S(=O)(=O)N(C)C. The first kappa shape index (κ1) is 22.1. The number of fused-ring (bicyclic) bond motifs is 1. The molecule has 3 aromatic heterocycles. The van der Waals surface area contributed by atoms with Gasteiger partial charge in [0, 0.05) is 25.2 Å². The molecule has 0 aliphatic carbocycles. The second-order valence-electron chi connectivity index (χ2n) is 7.57. The van der Waals surface area contributed by atoms with Crippen LogP contribution < -0.4 is 5.32 Å². The lowest BCUT2D eigenvalue weighted by atomic mass is 10.1. The molecule has 166 valence electrons. The number of rotatable bonds is 5. The van der Waals surface area contributed by atoms with Crippen LogP contribution >= 0.6 is 11.3 Å². The fraction of sp³-hybridized carbons (Fsp3) is 0.227. The molecule has 0 unspecified atom stereocenters. The summed E-state index contributed by atoms with van der Waals surface area (Å²) in [5.41, 5.74) is 2.53. The lowest BCUT2D eigenvalue weighted by Gasteiger charge is -2.15. The van der Waals surface area contributed by atoms with Crippen LogP contribution in [0.1, 0.15) is 26.5 Å². The van der Waals surface area contributed by atoms with E-state index in [4.69, 9.17) is 4.42 Å². The normalized spacial score (nSPS) is 11.9. The summed E-state index contributed by atoms with van der Waals surface area (Å²) in [6.07, 6.45) is 1.56. The van der Waals surface area contributed by atoms with E-state index in [1.807, 2.05) is 13.8 Å². The van der Waals surface area contributed by atoms with Gasteiger partial charge in [-0.2, -0.15) is 0 Å². The maximum absolute atomic E-state index is 13.1. The molecule has 0 radical (unpaired) electrons. The largest absolute Gasteiger partial charge is 0.461 e. The molecule has 4 rings (SSSR count). The maximum atomic E-state index is 13.1. The average molecular weight is 471 g/mol. The molecule has 1 amide bonds. The molecule has 32 heavy (non-hydrogen) atoms. The van der Waals surface area contributed by atoms with Gasteiger partial charge < -0.3 is 9.73 Å². The number of hydrogen-bond acceptors (Lipinski definition) is 7. The van der Waals surface area contributed by atoms with Crippen molar-refractivity contribution in [3.63, 3.8) is 0 Å². The predicted molar refractivity (Wildman–Crippen MR) is 125 cm³/mol. The molecule has 0 atom stereocenters. The van der Waals surface area contributed by atoms with Gasteiger partial charge in [-0.1, -0.05) is 6.07 Å². The fourth-order valence-electron chi connectivity index (χ4n) is 3.41. The lowest BCUT2D eigenvalue weighted by Crippen LogP contribution is -2.23. The van der Waals surface area contributed by atoms with Crippen molar-refractivity contribution in [2.24, 2.45) is 0 Å². The molecule has 4 aromatic rings. The number of nitrogens with one attached hydrogen (secondary N) is 1. The third-order valence-electron chi connectivity index (χ3n) is 5.12. The first-order valence-electron chi connectivity index (χ1n) is 9.75. The number of carbonyl (C=O) groups excluding carboxylic acids is 1. The Kier molecular flexibility index (Phi) is 5.61. The van der Waals surface area contributed by atoms with Crippen LogP contribution in [0.5, 0.6) is 0 Å². The number of anilines is 1. The standard InChI is InChI=1S/C22H22N4O4S2/c1-12-8-9-15(11-17(12)32(28,29)26(4)5)24-21(27)19-13(2)18-14(3)23-20(25-22(18)31-19)16-7-6-10-30-16/h6-11H,1-5H3,(H,24,27). The van der Waals surface area contributed by atoms with Crippen LogP contribution in [0, 0.1) is 20.8 Å². The minimum atomic E-state index is -3.63. The summed E-state index contributed by atoms with van der Waals surface area (Å²) in [5, 5.41) is 3.65. The summed E-state index contributed by atoms with van der Waals surface area (Å²) in [7, 11) is -0.687. The number of benzene rings is 1. The number of aromatic nitrogens is 2. The summed E-state index contributed by atoms with van der Waals surface area (Å²) in [6.45, 7) is 5.44. The van der Waals surface area contributed by atoms with Crippen molar-refractivity contribution in [1.82, 2.24) is 14.3 Å². The zero-order valence-electron chi connectivity index (χ0n) is 18.3. The Morgan fingerprint density at radius 3 is 2.53 bits per heavy atom. The van der Waals surface area contributed by atoms with Gasteiger partial charge in [0.05, 0.1) is 21.7 Å². The molecule has 0 saturated heterocycles. The molecule has 8 nitrogen and oxygen atoms in total. The van der Waals surface area contributed by atoms with Gasteiger partial charge in [0.1, 0.15) is 4.83 Å². The van der Waals surface area contributed by atoms with Crippen molar-refractivity contribution in [3.05, 3.63) is 58.3 Å².